The summed E-state index contributed by atoms with van der Waals surface area (Å²) in [6, 6.07) is 28.9. The number of phenolic OH excluding ortho intramolecular Hbond substituents is 1. The molecule has 1 saturated carbocycles. The van der Waals surface area contributed by atoms with E-state index in [1.165, 1.54) is 4.90 Å². The maximum Gasteiger partial charge on any atom is 0.260 e. The van der Waals surface area contributed by atoms with E-state index in [4.69, 9.17) is 0 Å². The molecule has 8 nitrogen and oxygen atoms in total. The van der Waals surface area contributed by atoms with Crippen LogP contribution in [-0.2, 0) is 24.6 Å². The number of carbonyl (C=O) groups excluding carboxylic acids is 4. The summed E-state index contributed by atoms with van der Waals surface area (Å²) in [5, 5.41) is 12.7. The van der Waals surface area contributed by atoms with Gasteiger partial charge in [-0.3, -0.25) is 29.5 Å². The van der Waals surface area contributed by atoms with Crippen LogP contribution in [0, 0.1) is 30.6 Å². The summed E-state index contributed by atoms with van der Waals surface area (Å²) in [5.74, 6) is -5.13. The minimum Gasteiger partial charge on any atom is -0.508 e. The SMILES string of the molecule is C=Cc1ccc(N2C(=O)C3CC=C4C(CC5C(=O)N(Nc6ccc(C)cc6)C(=O)C5(c5ccccc5)C4c4cc(Br)ccc4O)C3C2=O)cc1. The zero-order valence-corrected chi connectivity index (χ0v) is 28.8. The van der Waals surface area contributed by atoms with Gasteiger partial charge in [0.05, 0.1) is 34.5 Å². The van der Waals surface area contributed by atoms with Crippen molar-refractivity contribution in [1.29, 1.82) is 0 Å². The molecule has 50 heavy (non-hydrogen) atoms. The van der Waals surface area contributed by atoms with Crippen LogP contribution in [0.25, 0.3) is 6.08 Å². The summed E-state index contributed by atoms with van der Waals surface area (Å²) in [7, 11) is 0. The predicted molar refractivity (Wildman–Crippen MR) is 194 cm³/mol. The molecule has 0 radical (unpaired) electrons. The smallest absolute Gasteiger partial charge is 0.260 e. The summed E-state index contributed by atoms with van der Waals surface area (Å²) in [6.45, 7) is 5.76. The topological polar surface area (TPSA) is 107 Å². The quantitative estimate of drug-likeness (QED) is 0.160. The van der Waals surface area contributed by atoms with Gasteiger partial charge >= 0.3 is 0 Å². The van der Waals surface area contributed by atoms with Crippen LogP contribution in [-0.4, -0.2) is 33.7 Å². The molecule has 2 heterocycles. The molecule has 2 aliphatic heterocycles. The Kier molecular flexibility index (Phi) is 7.64. The first-order valence-electron chi connectivity index (χ1n) is 16.7. The number of benzene rings is 4. The number of nitrogens with one attached hydrogen (secondary N) is 1. The molecule has 250 valence electrons. The average molecular weight is 729 g/mol. The van der Waals surface area contributed by atoms with Gasteiger partial charge in [0.1, 0.15) is 5.75 Å². The van der Waals surface area contributed by atoms with Crippen molar-refractivity contribution in [3.63, 3.8) is 0 Å². The minimum absolute atomic E-state index is 0.0288. The van der Waals surface area contributed by atoms with E-state index < -0.39 is 46.8 Å². The maximum absolute atomic E-state index is 15.2. The zero-order valence-electron chi connectivity index (χ0n) is 27.3. The summed E-state index contributed by atoms with van der Waals surface area (Å²) >= 11 is 3.58. The Morgan fingerprint density at radius 3 is 2.30 bits per heavy atom. The van der Waals surface area contributed by atoms with Crippen LogP contribution in [0.3, 0.4) is 0 Å². The molecule has 4 aromatic rings. The van der Waals surface area contributed by atoms with Gasteiger partial charge in [-0.25, -0.2) is 0 Å². The van der Waals surface area contributed by atoms with Crippen LogP contribution >= 0.6 is 15.9 Å². The van der Waals surface area contributed by atoms with Crippen molar-refractivity contribution in [2.45, 2.75) is 31.1 Å². The number of nitrogens with zero attached hydrogens (tertiary/aromatic N) is 2. The largest absolute Gasteiger partial charge is 0.508 e. The highest BCUT2D eigenvalue weighted by Crippen LogP contribution is 2.65. The molecule has 4 aromatic carbocycles. The Balaban J connectivity index is 1.31. The lowest BCUT2D eigenvalue weighted by molar-refractivity contribution is -0.138. The van der Waals surface area contributed by atoms with Crippen molar-refractivity contribution in [3.8, 4) is 5.75 Å². The van der Waals surface area contributed by atoms with Gasteiger partial charge in [0.15, 0.2) is 0 Å². The molecule has 8 rings (SSSR count). The third kappa shape index (κ3) is 4.63. The monoisotopic (exact) mass is 727 g/mol. The van der Waals surface area contributed by atoms with E-state index in [9.17, 15) is 19.5 Å². The fraction of sp³-hybridized carbons (Fsp3) is 0.220. The van der Waals surface area contributed by atoms with Crippen molar-refractivity contribution >= 4 is 57.0 Å². The van der Waals surface area contributed by atoms with Gasteiger partial charge in [-0.15, -0.1) is 0 Å². The second kappa shape index (κ2) is 11.9. The van der Waals surface area contributed by atoms with Gasteiger partial charge in [0.2, 0.25) is 11.8 Å². The Morgan fingerprint density at radius 2 is 1.60 bits per heavy atom. The molecule has 3 fully saturated rings. The molecule has 2 aliphatic carbocycles. The summed E-state index contributed by atoms with van der Waals surface area (Å²) in [6.07, 6.45) is 4.15. The molecule has 0 aromatic heterocycles. The number of fused-ring (bicyclic) bond motifs is 4. The number of anilines is 2. The lowest BCUT2D eigenvalue weighted by Gasteiger charge is -2.50. The maximum atomic E-state index is 15.2. The fourth-order valence-corrected chi connectivity index (χ4v) is 9.24. The van der Waals surface area contributed by atoms with Crippen LogP contribution in [0.15, 0.2) is 120 Å². The van der Waals surface area contributed by atoms with E-state index >= 15 is 4.79 Å². The highest BCUT2D eigenvalue weighted by Gasteiger charge is 2.70. The lowest BCUT2D eigenvalue weighted by atomic mass is 9.49. The van der Waals surface area contributed by atoms with Crippen LogP contribution in [0.5, 0.6) is 5.75 Å². The summed E-state index contributed by atoms with van der Waals surface area (Å²) < 4.78 is 0.689. The third-order valence-electron chi connectivity index (χ3n) is 11.1. The van der Waals surface area contributed by atoms with Crippen molar-refractivity contribution in [2.75, 3.05) is 10.3 Å². The van der Waals surface area contributed by atoms with Crippen molar-refractivity contribution in [1.82, 2.24) is 5.01 Å². The van der Waals surface area contributed by atoms with E-state index in [0.29, 0.717) is 27.0 Å². The molecular formula is C41H34BrN3O5. The predicted octanol–water partition coefficient (Wildman–Crippen LogP) is 7.30. The number of hydrogen-bond acceptors (Lipinski definition) is 6. The van der Waals surface area contributed by atoms with Crippen LogP contribution in [0.1, 0.15) is 41.0 Å². The highest BCUT2D eigenvalue weighted by atomic mass is 79.9. The number of hydrogen-bond donors (Lipinski definition) is 2. The van der Waals surface area contributed by atoms with Crippen LogP contribution in [0.4, 0.5) is 11.4 Å². The van der Waals surface area contributed by atoms with Gasteiger partial charge in [-0.05, 0) is 79.3 Å². The van der Waals surface area contributed by atoms with E-state index in [-0.39, 0.29) is 30.4 Å². The van der Waals surface area contributed by atoms with Gasteiger partial charge < -0.3 is 5.11 Å². The first-order valence-corrected chi connectivity index (χ1v) is 17.5. The number of phenols is 1. The standard InChI is InChI=1S/C41H34BrN3O5/c1-3-24-11-16-28(17-12-24)44-37(47)30-19-18-29-31(35(30)39(44)49)22-33-38(48)45(43-27-14-9-23(2)10-15-27)40(50)41(33,25-7-5-4-6-8-25)36(29)32-21-26(42)13-20-34(32)46/h3-18,20-21,30-31,33,35-36,43,46H,1,19,22H2,2H3. The zero-order chi connectivity index (χ0) is 34.9. The molecule has 0 spiro atoms. The summed E-state index contributed by atoms with van der Waals surface area (Å²) in [4.78, 5) is 59.7. The Hall–Kier alpha value is -5.28. The molecular weight excluding hydrogens is 694 g/mol. The number of halogens is 1. The lowest BCUT2D eigenvalue weighted by Crippen LogP contribution is -2.53. The Bertz CT molecular complexity index is 2110. The number of rotatable bonds is 6. The van der Waals surface area contributed by atoms with E-state index in [2.05, 4.69) is 27.9 Å². The number of allylic oxidation sites excluding steroid dienone is 2. The Morgan fingerprint density at radius 1 is 0.880 bits per heavy atom. The second-order valence-electron chi connectivity index (χ2n) is 13.6. The first-order chi connectivity index (χ1) is 24.1. The second-order valence-corrected chi connectivity index (χ2v) is 14.5. The third-order valence-corrected chi connectivity index (χ3v) is 11.6. The van der Waals surface area contributed by atoms with Gasteiger partial charge in [-0.1, -0.05) is 100 Å². The number of aromatic hydroxyl groups is 1. The molecule has 6 unspecified atom stereocenters. The molecule has 6 atom stereocenters. The summed E-state index contributed by atoms with van der Waals surface area (Å²) in [5.41, 5.74) is 6.48. The number of hydrazine groups is 1. The van der Waals surface area contributed by atoms with Crippen molar-refractivity contribution < 1.29 is 24.3 Å². The van der Waals surface area contributed by atoms with Crippen LogP contribution < -0.4 is 10.3 Å². The van der Waals surface area contributed by atoms with Crippen molar-refractivity contribution in [3.05, 3.63) is 142 Å². The molecule has 9 heteroatoms. The average Bonchev–Trinajstić information content (AvgIpc) is 3.51. The fourth-order valence-electron chi connectivity index (χ4n) is 8.86. The highest BCUT2D eigenvalue weighted by molar-refractivity contribution is 9.10. The molecule has 0 bridgehead atoms. The minimum atomic E-state index is -1.46. The van der Waals surface area contributed by atoms with Gasteiger partial charge in [0.25, 0.3) is 11.8 Å². The van der Waals surface area contributed by atoms with E-state index in [1.54, 1.807) is 36.4 Å². The van der Waals surface area contributed by atoms with E-state index in [0.717, 1.165) is 21.7 Å². The van der Waals surface area contributed by atoms with Gasteiger partial charge in [0, 0.05) is 16.0 Å². The normalized spacial score (nSPS) is 27.1. The van der Waals surface area contributed by atoms with Crippen molar-refractivity contribution in [2.24, 2.45) is 23.7 Å². The number of imide groups is 2. The number of aryl methyl sites for hydroxylation is 1. The van der Waals surface area contributed by atoms with Gasteiger partial charge in [-0.2, -0.15) is 5.01 Å². The molecule has 4 amide bonds. The molecule has 2 saturated heterocycles. The van der Waals surface area contributed by atoms with E-state index in [1.807, 2.05) is 79.7 Å². The number of carbonyl (C=O) groups is 4. The first kappa shape index (κ1) is 32.0. The number of amides is 4. The molecule has 4 aliphatic rings. The Labute approximate surface area is 298 Å². The molecule has 2 N–H and O–H groups in total. The van der Waals surface area contributed by atoms with Crippen LogP contribution in [0.2, 0.25) is 0 Å².